The highest BCUT2D eigenvalue weighted by Gasteiger charge is 2.48. The lowest BCUT2D eigenvalue weighted by Crippen LogP contribution is -2.44. The van der Waals surface area contributed by atoms with Gasteiger partial charge in [-0.3, -0.25) is 4.90 Å². The van der Waals surface area contributed by atoms with Crippen molar-refractivity contribution in [1.82, 2.24) is 4.90 Å². The van der Waals surface area contributed by atoms with Crippen LogP contribution in [0.4, 0.5) is 0 Å². The molecule has 2 rings (SSSR count). The third-order valence-corrected chi connectivity index (χ3v) is 2.94. The first-order valence-corrected chi connectivity index (χ1v) is 4.50. The van der Waals surface area contributed by atoms with Crippen LogP contribution in [0.1, 0.15) is 27.2 Å². The topological polar surface area (TPSA) is 12.5 Å². The van der Waals surface area contributed by atoms with Crippen LogP contribution in [0.15, 0.2) is 0 Å². The Balaban J connectivity index is 2.10. The fourth-order valence-corrected chi connectivity index (χ4v) is 2.36. The van der Waals surface area contributed by atoms with Crippen LogP contribution < -0.4 is 0 Å². The van der Waals surface area contributed by atoms with Gasteiger partial charge in [0.15, 0.2) is 0 Å². The minimum absolute atomic E-state index is 0.189. The summed E-state index contributed by atoms with van der Waals surface area (Å²) >= 11 is 0. The Bertz CT molecular complexity index is 169. The monoisotopic (exact) mass is 155 g/mol. The maximum atomic E-state index is 5.68. The predicted octanol–water partition coefficient (Wildman–Crippen LogP) is 1.26. The van der Waals surface area contributed by atoms with Gasteiger partial charge in [-0.15, -0.1) is 0 Å². The normalized spacial score (nSPS) is 44.2. The molecule has 0 unspecified atom stereocenters. The summed E-state index contributed by atoms with van der Waals surface area (Å²) < 4.78 is 5.68. The number of hydrogen-bond donors (Lipinski definition) is 0. The largest absolute Gasteiger partial charge is 0.372 e. The molecule has 2 aliphatic heterocycles. The molecule has 2 nitrogen and oxygen atoms in total. The van der Waals surface area contributed by atoms with Crippen LogP contribution in [-0.4, -0.2) is 35.7 Å². The van der Waals surface area contributed by atoms with Crippen LogP contribution in [0, 0.1) is 0 Å². The third kappa shape index (κ3) is 1.09. The highest BCUT2D eigenvalue weighted by atomic mass is 16.5. The zero-order chi connectivity index (χ0) is 8.06. The van der Waals surface area contributed by atoms with E-state index in [1.54, 1.807) is 0 Å². The summed E-state index contributed by atoms with van der Waals surface area (Å²) in [5, 5.41) is 0. The summed E-state index contributed by atoms with van der Waals surface area (Å²) in [5.41, 5.74) is 0.189. The molecule has 0 radical (unpaired) electrons. The van der Waals surface area contributed by atoms with Crippen LogP contribution in [0.3, 0.4) is 0 Å². The van der Waals surface area contributed by atoms with Gasteiger partial charge < -0.3 is 4.74 Å². The van der Waals surface area contributed by atoms with Crippen LogP contribution in [-0.2, 0) is 4.74 Å². The molecule has 0 saturated carbocycles. The molecule has 0 aromatic rings. The fourth-order valence-electron chi connectivity index (χ4n) is 2.36. The maximum Gasteiger partial charge on any atom is 0.0797 e. The average Bonchev–Trinajstić information content (AvgIpc) is 2.41. The van der Waals surface area contributed by atoms with Gasteiger partial charge in [-0.05, 0) is 27.2 Å². The van der Waals surface area contributed by atoms with Crippen molar-refractivity contribution in [3.63, 3.8) is 0 Å². The van der Waals surface area contributed by atoms with Gasteiger partial charge in [-0.2, -0.15) is 0 Å². The molecule has 0 N–H and O–H groups in total. The molecular formula is C9H17NO. The number of nitrogens with zero attached hydrogens (tertiary/aromatic N) is 1. The molecule has 0 aromatic carbocycles. The van der Waals surface area contributed by atoms with E-state index >= 15 is 0 Å². The molecule has 11 heavy (non-hydrogen) atoms. The smallest absolute Gasteiger partial charge is 0.0797 e. The van der Waals surface area contributed by atoms with Crippen molar-refractivity contribution in [1.29, 1.82) is 0 Å². The van der Waals surface area contributed by atoms with Gasteiger partial charge in [0.2, 0.25) is 0 Å². The van der Waals surface area contributed by atoms with Crippen molar-refractivity contribution in [2.75, 3.05) is 13.2 Å². The molecule has 0 aromatic heterocycles. The lowest BCUT2D eigenvalue weighted by molar-refractivity contribution is -0.0410. The van der Waals surface area contributed by atoms with Gasteiger partial charge >= 0.3 is 0 Å². The summed E-state index contributed by atoms with van der Waals surface area (Å²) in [6.45, 7) is 8.85. The van der Waals surface area contributed by atoms with Gasteiger partial charge in [-0.25, -0.2) is 0 Å². The number of fused-ring (bicyclic) bond motifs is 2. The van der Waals surface area contributed by atoms with Crippen molar-refractivity contribution < 1.29 is 4.74 Å². The van der Waals surface area contributed by atoms with Crippen LogP contribution >= 0.6 is 0 Å². The summed E-state index contributed by atoms with van der Waals surface area (Å²) in [5.74, 6) is 0. The van der Waals surface area contributed by atoms with Gasteiger partial charge in [0.05, 0.1) is 12.2 Å². The first-order valence-electron chi connectivity index (χ1n) is 4.50. The van der Waals surface area contributed by atoms with E-state index in [1.807, 2.05) is 0 Å². The Kier molecular flexibility index (Phi) is 1.52. The molecule has 2 aliphatic rings. The quantitative estimate of drug-likeness (QED) is 0.565. The SMILES string of the molecule is CC(C)N1C[C@@]2(C)C[C@@H]1CO2. The van der Waals surface area contributed by atoms with Crippen LogP contribution in [0.2, 0.25) is 0 Å². The predicted molar refractivity (Wildman–Crippen MR) is 44.6 cm³/mol. The van der Waals surface area contributed by atoms with Gasteiger partial charge in [0.1, 0.15) is 0 Å². The van der Waals surface area contributed by atoms with E-state index in [0.29, 0.717) is 12.1 Å². The Hall–Kier alpha value is -0.0800. The van der Waals surface area contributed by atoms with Crippen molar-refractivity contribution in [3.05, 3.63) is 0 Å². The van der Waals surface area contributed by atoms with Gasteiger partial charge in [-0.1, -0.05) is 0 Å². The minimum atomic E-state index is 0.189. The third-order valence-electron chi connectivity index (χ3n) is 2.94. The Morgan fingerprint density at radius 3 is 2.55 bits per heavy atom. The van der Waals surface area contributed by atoms with Crippen LogP contribution in [0.5, 0.6) is 0 Å². The van der Waals surface area contributed by atoms with Crippen molar-refractivity contribution in [2.24, 2.45) is 0 Å². The standard InChI is InChI=1S/C9H17NO/c1-7(2)10-6-9(3)4-8(10)5-11-9/h7-8H,4-6H2,1-3H3/t8-,9-/m1/s1. The van der Waals surface area contributed by atoms with E-state index in [2.05, 4.69) is 25.7 Å². The van der Waals surface area contributed by atoms with E-state index in [9.17, 15) is 0 Å². The van der Waals surface area contributed by atoms with Crippen molar-refractivity contribution in [2.45, 2.75) is 44.9 Å². The molecule has 0 spiro atoms. The van der Waals surface area contributed by atoms with Gasteiger partial charge in [0.25, 0.3) is 0 Å². The number of hydrogen-bond acceptors (Lipinski definition) is 2. The van der Waals surface area contributed by atoms with Crippen molar-refractivity contribution >= 4 is 0 Å². The minimum Gasteiger partial charge on any atom is -0.372 e. The second-order valence-electron chi connectivity index (χ2n) is 4.38. The number of likely N-dealkylation sites (tertiary alicyclic amines) is 1. The molecule has 64 valence electrons. The number of morpholine rings is 1. The van der Waals surface area contributed by atoms with E-state index in [-0.39, 0.29) is 5.60 Å². The van der Waals surface area contributed by atoms with Crippen molar-refractivity contribution in [3.8, 4) is 0 Å². The molecule has 2 bridgehead atoms. The summed E-state index contributed by atoms with van der Waals surface area (Å²) in [4.78, 5) is 2.56. The molecule has 0 amide bonds. The summed E-state index contributed by atoms with van der Waals surface area (Å²) in [7, 11) is 0. The summed E-state index contributed by atoms with van der Waals surface area (Å²) in [6, 6.07) is 1.39. The number of rotatable bonds is 1. The molecule has 2 fully saturated rings. The molecule has 2 heteroatoms. The fraction of sp³-hybridized carbons (Fsp3) is 1.00. The maximum absolute atomic E-state index is 5.68. The Morgan fingerprint density at radius 2 is 2.27 bits per heavy atom. The summed E-state index contributed by atoms with van der Waals surface area (Å²) in [6.07, 6.45) is 1.24. The van der Waals surface area contributed by atoms with E-state index < -0.39 is 0 Å². The highest BCUT2D eigenvalue weighted by molar-refractivity contribution is 5.01. The zero-order valence-corrected chi connectivity index (χ0v) is 7.63. The second kappa shape index (κ2) is 2.20. The number of ether oxygens (including phenoxy) is 1. The van der Waals surface area contributed by atoms with E-state index in [0.717, 1.165) is 13.2 Å². The molecular weight excluding hydrogens is 138 g/mol. The molecule has 0 aliphatic carbocycles. The molecule has 2 heterocycles. The van der Waals surface area contributed by atoms with E-state index in [1.165, 1.54) is 6.42 Å². The Labute approximate surface area is 68.5 Å². The Morgan fingerprint density at radius 1 is 1.55 bits per heavy atom. The lowest BCUT2D eigenvalue weighted by Gasteiger charge is -2.33. The molecule has 2 atom stereocenters. The van der Waals surface area contributed by atoms with Crippen LogP contribution in [0.25, 0.3) is 0 Å². The second-order valence-corrected chi connectivity index (χ2v) is 4.38. The van der Waals surface area contributed by atoms with E-state index in [4.69, 9.17) is 4.74 Å². The first-order chi connectivity index (χ1) is 5.11. The molecule has 2 saturated heterocycles. The highest BCUT2D eigenvalue weighted by Crippen LogP contribution is 2.37. The first kappa shape index (κ1) is 7.56. The van der Waals surface area contributed by atoms with Gasteiger partial charge in [0, 0.05) is 18.6 Å². The average molecular weight is 155 g/mol. The lowest BCUT2D eigenvalue weighted by atomic mass is 10.1. The zero-order valence-electron chi connectivity index (χ0n) is 7.63.